The summed E-state index contributed by atoms with van der Waals surface area (Å²) in [6.07, 6.45) is 4.04. The minimum Gasteiger partial charge on any atom is -0.241 e. The van der Waals surface area contributed by atoms with Gasteiger partial charge in [0, 0.05) is 11.3 Å². The van der Waals surface area contributed by atoms with Crippen molar-refractivity contribution in [3.8, 4) is 0 Å². The average Bonchev–Trinajstić information content (AvgIpc) is 2.34. The lowest BCUT2D eigenvalue weighted by Gasteiger charge is -2.03. The van der Waals surface area contributed by atoms with E-state index in [4.69, 9.17) is 0 Å². The quantitative estimate of drug-likeness (QED) is 0.527. The lowest BCUT2D eigenvalue weighted by molar-refractivity contribution is 0.742. The van der Waals surface area contributed by atoms with Crippen LogP contribution >= 0.6 is 22.6 Å². The minimum atomic E-state index is 0.665. The number of fused-ring (bicyclic) bond motifs is 1. The molecule has 1 atom stereocenters. The summed E-state index contributed by atoms with van der Waals surface area (Å²) >= 11 is 2.29. The molecule has 0 radical (unpaired) electrons. The van der Waals surface area contributed by atoms with Gasteiger partial charge in [0.25, 0.3) is 0 Å². The molecule has 0 amide bonds. The molecule has 0 saturated heterocycles. The van der Waals surface area contributed by atoms with E-state index < -0.39 is 0 Å². The first-order valence-corrected chi connectivity index (χ1v) is 4.86. The molecule has 0 saturated carbocycles. The van der Waals surface area contributed by atoms with Gasteiger partial charge in [-0.2, -0.15) is 0 Å². The van der Waals surface area contributed by atoms with Crippen molar-refractivity contribution in [2.75, 3.05) is 0 Å². The first-order valence-electron chi connectivity index (χ1n) is 3.78. The highest BCUT2D eigenvalue weighted by Gasteiger charge is 2.22. The molecule has 1 aliphatic rings. The van der Waals surface area contributed by atoms with E-state index in [1.807, 2.05) is 0 Å². The van der Waals surface area contributed by atoms with Crippen LogP contribution in [0.4, 0.5) is 0 Å². The second-order valence-electron chi connectivity index (χ2n) is 2.96. The fourth-order valence-electron chi connectivity index (χ4n) is 1.59. The molecule has 0 aromatic carbocycles. The van der Waals surface area contributed by atoms with Crippen LogP contribution in [0.1, 0.15) is 30.5 Å². The van der Waals surface area contributed by atoms with Crippen LogP contribution in [0, 0.1) is 3.70 Å². The van der Waals surface area contributed by atoms with Gasteiger partial charge in [0.05, 0.1) is 0 Å². The summed E-state index contributed by atoms with van der Waals surface area (Å²) < 4.78 is 1.14. The fourth-order valence-corrected chi connectivity index (χ4v) is 2.56. The van der Waals surface area contributed by atoms with Gasteiger partial charge in [0.2, 0.25) is 0 Å². The van der Waals surface area contributed by atoms with E-state index in [1.54, 1.807) is 6.33 Å². The first-order chi connectivity index (χ1) is 5.29. The number of halogens is 1. The van der Waals surface area contributed by atoms with Crippen LogP contribution in [-0.2, 0) is 6.42 Å². The van der Waals surface area contributed by atoms with Crippen molar-refractivity contribution in [1.82, 2.24) is 9.97 Å². The molecule has 1 aromatic heterocycles. The SMILES string of the molecule is C[C@@H]1CCc2ncnc(I)c21. The van der Waals surface area contributed by atoms with Crippen molar-refractivity contribution in [3.63, 3.8) is 0 Å². The van der Waals surface area contributed by atoms with Crippen LogP contribution in [0.3, 0.4) is 0 Å². The highest BCUT2D eigenvalue weighted by atomic mass is 127. The molecule has 2 nitrogen and oxygen atoms in total. The van der Waals surface area contributed by atoms with Crippen molar-refractivity contribution in [2.24, 2.45) is 0 Å². The highest BCUT2D eigenvalue weighted by Crippen LogP contribution is 2.33. The Bertz CT molecular complexity index is 285. The van der Waals surface area contributed by atoms with Crippen molar-refractivity contribution in [1.29, 1.82) is 0 Å². The largest absolute Gasteiger partial charge is 0.241 e. The third kappa shape index (κ3) is 1.15. The summed E-state index contributed by atoms with van der Waals surface area (Å²) in [5, 5.41) is 0. The van der Waals surface area contributed by atoms with Gasteiger partial charge < -0.3 is 0 Å². The van der Waals surface area contributed by atoms with Gasteiger partial charge in [0.15, 0.2) is 0 Å². The normalized spacial score (nSPS) is 21.8. The van der Waals surface area contributed by atoms with E-state index in [9.17, 15) is 0 Å². The molecule has 0 bridgehead atoms. The maximum absolute atomic E-state index is 4.25. The molecule has 1 aromatic rings. The third-order valence-electron chi connectivity index (χ3n) is 2.22. The maximum atomic E-state index is 4.25. The number of rotatable bonds is 0. The predicted molar refractivity (Wildman–Crippen MR) is 51.5 cm³/mol. The van der Waals surface area contributed by atoms with Crippen LogP contribution in [0.5, 0.6) is 0 Å². The molecule has 0 unspecified atom stereocenters. The second-order valence-corrected chi connectivity index (χ2v) is 3.99. The smallest absolute Gasteiger partial charge is 0.116 e. The van der Waals surface area contributed by atoms with Gasteiger partial charge in [-0.3, -0.25) is 0 Å². The number of hydrogen-bond donors (Lipinski definition) is 0. The van der Waals surface area contributed by atoms with Gasteiger partial charge in [-0.25, -0.2) is 9.97 Å². The van der Waals surface area contributed by atoms with E-state index in [-0.39, 0.29) is 0 Å². The Balaban J connectivity index is 2.58. The molecule has 0 N–H and O–H groups in total. The summed E-state index contributed by atoms with van der Waals surface area (Å²) in [4.78, 5) is 8.43. The van der Waals surface area contributed by atoms with Gasteiger partial charge >= 0.3 is 0 Å². The van der Waals surface area contributed by atoms with E-state index in [0.717, 1.165) is 10.1 Å². The number of aromatic nitrogens is 2. The van der Waals surface area contributed by atoms with E-state index >= 15 is 0 Å². The van der Waals surface area contributed by atoms with Crippen LogP contribution in [0.15, 0.2) is 6.33 Å². The summed E-state index contributed by atoms with van der Waals surface area (Å²) in [6.45, 7) is 2.25. The Kier molecular flexibility index (Phi) is 1.83. The number of aryl methyl sites for hydroxylation is 1. The first kappa shape index (κ1) is 7.46. The Labute approximate surface area is 79.6 Å². The molecule has 58 valence electrons. The molecular formula is C8H9IN2. The lowest BCUT2D eigenvalue weighted by atomic mass is 10.1. The Morgan fingerprint density at radius 3 is 3.09 bits per heavy atom. The minimum absolute atomic E-state index is 0.665. The molecule has 2 rings (SSSR count). The Morgan fingerprint density at radius 2 is 2.36 bits per heavy atom. The average molecular weight is 260 g/mol. The lowest BCUT2D eigenvalue weighted by Crippen LogP contribution is -1.96. The van der Waals surface area contributed by atoms with E-state index in [1.165, 1.54) is 17.7 Å². The molecule has 11 heavy (non-hydrogen) atoms. The Morgan fingerprint density at radius 1 is 1.55 bits per heavy atom. The molecule has 1 aliphatic carbocycles. The van der Waals surface area contributed by atoms with Gasteiger partial charge in [0.1, 0.15) is 10.0 Å². The fraction of sp³-hybridized carbons (Fsp3) is 0.500. The second kappa shape index (κ2) is 2.69. The van der Waals surface area contributed by atoms with Crippen LogP contribution in [0.25, 0.3) is 0 Å². The molecule has 0 spiro atoms. The van der Waals surface area contributed by atoms with Crippen molar-refractivity contribution >= 4 is 22.6 Å². The topological polar surface area (TPSA) is 25.8 Å². The van der Waals surface area contributed by atoms with Crippen molar-refractivity contribution < 1.29 is 0 Å². The molecule has 3 heteroatoms. The zero-order valence-corrected chi connectivity index (χ0v) is 8.50. The maximum Gasteiger partial charge on any atom is 0.116 e. The molecule has 0 fully saturated rings. The zero-order valence-electron chi connectivity index (χ0n) is 6.34. The summed E-state index contributed by atoms with van der Waals surface area (Å²) in [5.74, 6) is 0.665. The summed E-state index contributed by atoms with van der Waals surface area (Å²) in [7, 11) is 0. The van der Waals surface area contributed by atoms with E-state index in [2.05, 4.69) is 39.5 Å². The molecule has 0 aliphatic heterocycles. The van der Waals surface area contributed by atoms with Crippen LogP contribution < -0.4 is 0 Å². The van der Waals surface area contributed by atoms with Gasteiger partial charge in [-0.05, 0) is 41.4 Å². The highest BCUT2D eigenvalue weighted by molar-refractivity contribution is 14.1. The summed E-state index contributed by atoms with van der Waals surface area (Å²) in [6, 6.07) is 0. The van der Waals surface area contributed by atoms with Gasteiger partial charge in [-0.15, -0.1) is 0 Å². The predicted octanol–water partition coefficient (Wildman–Crippen LogP) is 2.13. The van der Waals surface area contributed by atoms with E-state index in [0.29, 0.717) is 5.92 Å². The summed E-state index contributed by atoms with van der Waals surface area (Å²) in [5.41, 5.74) is 2.64. The number of hydrogen-bond acceptors (Lipinski definition) is 2. The Hall–Kier alpha value is -0.190. The zero-order chi connectivity index (χ0) is 7.84. The van der Waals surface area contributed by atoms with Crippen LogP contribution in [0.2, 0.25) is 0 Å². The molecular weight excluding hydrogens is 251 g/mol. The van der Waals surface area contributed by atoms with Crippen molar-refractivity contribution in [2.45, 2.75) is 25.7 Å². The van der Waals surface area contributed by atoms with Crippen molar-refractivity contribution in [3.05, 3.63) is 21.3 Å². The van der Waals surface area contributed by atoms with Crippen LogP contribution in [-0.4, -0.2) is 9.97 Å². The molecule has 1 heterocycles. The monoisotopic (exact) mass is 260 g/mol. The standard InChI is InChI=1S/C8H9IN2/c1-5-2-3-6-7(5)8(9)11-4-10-6/h4-5H,2-3H2,1H3/t5-/m1/s1. The number of nitrogens with zero attached hydrogens (tertiary/aromatic N) is 2. The third-order valence-corrected chi connectivity index (χ3v) is 3.08. The van der Waals surface area contributed by atoms with Gasteiger partial charge in [-0.1, -0.05) is 6.92 Å².